The van der Waals surface area contributed by atoms with Crippen LogP contribution in [0.3, 0.4) is 0 Å². The Balaban J connectivity index is 3.47. The van der Waals surface area contributed by atoms with Crippen molar-refractivity contribution in [2.75, 3.05) is 0 Å². The number of carbonyl (C=O) groups is 1. The minimum Gasteiger partial charge on any atom is -0.481 e. The van der Waals surface area contributed by atoms with E-state index in [-0.39, 0.29) is 12.1 Å². The van der Waals surface area contributed by atoms with Crippen molar-refractivity contribution in [3.8, 4) is 0 Å². The van der Waals surface area contributed by atoms with E-state index in [9.17, 15) is 9.59 Å². The average molecular weight is 252 g/mol. The first kappa shape index (κ1) is 14.4. The molecule has 1 heterocycles. The van der Waals surface area contributed by atoms with Crippen LogP contribution < -0.4 is 5.69 Å². The highest BCUT2D eigenvalue weighted by Crippen LogP contribution is 2.14. The molecule has 0 aliphatic rings. The molecule has 0 spiro atoms. The molecule has 0 aromatic carbocycles. The Labute approximate surface area is 106 Å². The predicted octanol–water partition coefficient (Wildman–Crippen LogP) is 1.41. The van der Waals surface area contributed by atoms with Crippen molar-refractivity contribution < 1.29 is 9.90 Å². The van der Waals surface area contributed by atoms with Gasteiger partial charge < -0.3 is 5.11 Å². The molecule has 0 atom stereocenters. The summed E-state index contributed by atoms with van der Waals surface area (Å²) in [5.41, 5.74) is 1.88. The number of carboxylic acid groups (broad SMARTS) is 1. The number of aryl methyl sites for hydroxylation is 1. The van der Waals surface area contributed by atoms with Crippen LogP contribution in [-0.2, 0) is 30.6 Å². The first-order valence-electron chi connectivity index (χ1n) is 6.38. The summed E-state index contributed by atoms with van der Waals surface area (Å²) in [7, 11) is 0. The SMILES string of the molecule is CCCn1c(CC)c(CC(=O)O)c(CC)nc1=O. The molecule has 1 aromatic rings. The molecule has 1 N–H and O–H groups in total. The van der Waals surface area contributed by atoms with Crippen molar-refractivity contribution in [1.29, 1.82) is 0 Å². The van der Waals surface area contributed by atoms with Crippen LogP contribution in [-0.4, -0.2) is 20.6 Å². The lowest BCUT2D eigenvalue weighted by molar-refractivity contribution is -0.136. The van der Waals surface area contributed by atoms with Crippen LogP contribution in [0.25, 0.3) is 0 Å². The third-order valence-corrected chi connectivity index (χ3v) is 2.93. The molecule has 0 amide bonds. The second-order valence-electron chi connectivity index (χ2n) is 4.20. The molecule has 5 nitrogen and oxygen atoms in total. The minimum absolute atomic E-state index is 0.0661. The van der Waals surface area contributed by atoms with E-state index >= 15 is 0 Å². The molecule has 1 aromatic heterocycles. The molecular formula is C13H20N2O3. The molecule has 0 bridgehead atoms. The zero-order chi connectivity index (χ0) is 13.7. The van der Waals surface area contributed by atoms with Gasteiger partial charge in [0.2, 0.25) is 0 Å². The summed E-state index contributed by atoms with van der Waals surface area (Å²) in [6.07, 6.45) is 1.99. The van der Waals surface area contributed by atoms with Gasteiger partial charge in [-0.25, -0.2) is 4.79 Å². The fraction of sp³-hybridized carbons (Fsp3) is 0.615. The van der Waals surface area contributed by atoms with Crippen LogP contribution in [0.2, 0.25) is 0 Å². The number of aliphatic carboxylic acids is 1. The van der Waals surface area contributed by atoms with Crippen molar-refractivity contribution in [3.05, 3.63) is 27.4 Å². The van der Waals surface area contributed by atoms with Gasteiger partial charge in [-0.1, -0.05) is 20.8 Å². The Hall–Kier alpha value is -1.65. The van der Waals surface area contributed by atoms with Gasteiger partial charge in [0.25, 0.3) is 0 Å². The molecule has 5 heteroatoms. The van der Waals surface area contributed by atoms with Crippen LogP contribution in [0.5, 0.6) is 0 Å². The topological polar surface area (TPSA) is 72.2 Å². The van der Waals surface area contributed by atoms with E-state index in [1.54, 1.807) is 4.57 Å². The number of nitrogens with zero attached hydrogens (tertiary/aromatic N) is 2. The number of carboxylic acids is 1. The zero-order valence-electron chi connectivity index (χ0n) is 11.2. The van der Waals surface area contributed by atoms with Gasteiger partial charge in [0.05, 0.1) is 12.1 Å². The monoisotopic (exact) mass is 252 g/mol. The highest BCUT2D eigenvalue weighted by Gasteiger charge is 2.16. The Morgan fingerprint density at radius 1 is 1.28 bits per heavy atom. The highest BCUT2D eigenvalue weighted by atomic mass is 16.4. The van der Waals surface area contributed by atoms with Gasteiger partial charge in [-0.2, -0.15) is 4.98 Å². The smallest absolute Gasteiger partial charge is 0.347 e. The summed E-state index contributed by atoms with van der Waals surface area (Å²) in [5.74, 6) is -0.886. The van der Waals surface area contributed by atoms with Gasteiger partial charge in [-0.15, -0.1) is 0 Å². The summed E-state index contributed by atoms with van der Waals surface area (Å²) < 4.78 is 1.61. The van der Waals surface area contributed by atoms with Crippen molar-refractivity contribution in [3.63, 3.8) is 0 Å². The second-order valence-corrected chi connectivity index (χ2v) is 4.20. The quantitative estimate of drug-likeness (QED) is 0.830. The van der Waals surface area contributed by atoms with Gasteiger partial charge in [0.15, 0.2) is 0 Å². The highest BCUT2D eigenvalue weighted by molar-refractivity contribution is 5.71. The van der Waals surface area contributed by atoms with E-state index in [0.29, 0.717) is 30.6 Å². The Morgan fingerprint density at radius 3 is 2.39 bits per heavy atom. The van der Waals surface area contributed by atoms with Crippen molar-refractivity contribution >= 4 is 5.97 Å². The molecule has 0 aliphatic heterocycles. The molecule has 18 heavy (non-hydrogen) atoms. The van der Waals surface area contributed by atoms with E-state index in [1.807, 2.05) is 20.8 Å². The first-order chi connectivity index (χ1) is 8.54. The summed E-state index contributed by atoms with van der Waals surface area (Å²) in [4.78, 5) is 26.9. The molecule has 1 rings (SSSR count). The van der Waals surface area contributed by atoms with Gasteiger partial charge in [0.1, 0.15) is 0 Å². The van der Waals surface area contributed by atoms with Crippen LogP contribution in [0, 0.1) is 0 Å². The summed E-state index contributed by atoms with van der Waals surface area (Å²) in [5, 5.41) is 8.98. The normalized spacial score (nSPS) is 10.6. The van der Waals surface area contributed by atoms with Gasteiger partial charge in [-0.3, -0.25) is 9.36 Å². The molecule has 0 unspecified atom stereocenters. The van der Waals surface area contributed by atoms with E-state index in [1.165, 1.54) is 0 Å². The lowest BCUT2D eigenvalue weighted by Gasteiger charge is -2.16. The van der Waals surface area contributed by atoms with Crippen LogP contribution in [0.1, 0.15) is 44.1 Å². The number of rotatable bonds is 6. The first-order valence-corrected chi connectivity index (χ1v) is 6.38. The molecular weight excluding hydrogens is 232 g/mol. The standard InChI is InChI=1S/C13H20N2O3/c1-4-7-15-11(6-3)9(8-12(16)17)10(5-2)14-13(15)18/h4-8H2,1-3H3,(H,16,17). The number of aromatic nitrogens is 2. The van der Waals surface area contributed by atoms with Crippen molar-refractivity contribution in [1.82, 2.24) is 9.55 Å². The largest absolute Gasteiger partial charge is 0.481 e. The third kappa shape index (κ3) is 2.97. The zero-order valence-corrected chi connectivity index (χ0v) is 11.2. The van der Waals surface area contributed by atoms with E-state index in [0.717, 1.165) is 12.1 Å². The van der Waals surface area contributed by atoms with Crippen LogP contribution >= 0.6 is 0 Å². The maximum Gasteiger partial charge on any atom is 0.347 e. The Bertz CT molecular complexity index is 492. The molecule has 0 radical (unpaired) electrons. The molecule has 0 aliphatic carbocycles. The number of hydrogen-bond donors (Lipinski definition) is 1. The van der Waals surface area contributed by atoms with E-state index < -0.39 is 5.97 Å². The predicted molar refractivity (Wildman–Crippen MR) is 68.9 cm³/mol. The number of hydrogen-bond acceptors (Lipinski definition) is 3. The van der Waals surface area contributed by atoms with Crippen molar-refractivity contribution in [2.45, 2.75) is 53.0 Å². The lowest BCUT2D eigenvalue weighted by Crippen LogP contribution is -2.30. The van der Waals surface area contributed by atoms with E-state index in [4.69, 9.17) is 5.11 Å². The molecule has 0 saturated carbocycles. The maximum absolute atomic E-state index is 11.9. The average Bonchev–Trinajstić information content (AvgIpc) is 2.32. The Morgan fingerprint density at radius 2 is 1.94 bits per heavy atom. The van der Waals surface area contributed by atoms with Gasteiger partial charge >= 0.3 is 11.7 Å². The minimum atomic E-state index is -0.886. The molecule has 0 fully saturated rings. The fourth-order valence-corrected chi connectivity index (χ4v) is 2.19. The molecule has 100 valence electrons. The van der Waals surface area contributed by atoms with Crippen LogP contribution in [0.4, 0.5) is 0 Å². The third-order valence-electron chi connectivity index (χ3n) is 2.93. The van der Waals surface area contributed by atoms with E-state index in [2.05, 4.69) is 4.98 Å². The van der Waals surface area contributed by atoms with Gasteiger partial charge in [-0.05, 0) is 19.3 Å². The summed E-state index contributed by atoms with van der Waals surface area (Å²) in [6.45, 7) is 6.39. The Kier molecular flexibility index (Phi) is 5.07. The van der Waals surface area contributed by atoms with Crippen molar-refractivity contribution in [2.24, 2.45) is 0 Å². The lowest BCUT2D eigenvalue weighted by atomic mass is 10.0. The molecule has 0 saturated heterocycles. The maximum atomic E-state index is 11.9. The summed E-state index contributed by atoms with van der Waals surface area (Å²) in [6, 6.07) is 0. The fourth-order valence-electron chi connectivity index (χ4n) is 2.19. The summed E-state index contributed by atoms with van der Waals surface area (Å²) >= 11 is 0. The second kappa shape index (κ2) is 6.33. The van der Waals surface area contributed by atoms with Crippen LogP contribution in [0.15, 0.2) is 4.79 Å². The van der Waals surface area contributed by atoms with Gasteiger partial charge in [0, 0.05) is 17.8 Å².